The molecular weight excluding hydrogens is 266 g/mol. The van der Waals surface area contributed by atoms with Gasteiger partial charge in [0.15, 0.2) is 0 Å². The molecule has 1 N–H and O–H groups in total. The molecule has 1 aliphatic heterocycles. The van der Waals surface area contributed by atoms with Crippen molar-refractivity contribution in [2.75, 3.05) is 46.4 Å². The number of piperazine rings is 1. The molecule has 0 aromatic carbocycles. The second-order valence-corrected chi connectivity index (χ2v) is 6.24. The highest BCUT2D eigenvalue weighted by molar-refractivity contribution is 5.80. The number of ether oxygens (including phenoxy) is 1. The van der Waals surface area contributed by atoms with Gasteiger partial charge in [0.25, 0.3) is 0 Å². The average Bonchev–Trinajstić information content (AvgIpc) is 2.52. The molecule has 5 heteroatoms. The maximum atomic E-state index is 12.0. The van der Waals surface area contributed by atoms with Crippen molar-refractivity contribution in [2.45, 2.75) is 52.1 Å². The van der Waals surface area contributed by atoms with Crippen molar-refractivity contribution in [2.24, 2.45) is 0 Å². The molecule has 0 spiro atoms. The number of carbonyl (C=O) groups is 1. The van der Waals surface area contributed by atoms with Gasteiger partial charge in [0.1, 0.15) is 5.54 Å². The predicted molar refractivity (Wildman–Crippen MR) is 86.5 cm³/mol. The van der Waals surface area contributed by atoms with Crippen molar-refractivity contribution in [1.82, 2.24) is 15.1 Å². The Kier molecular flexibility index (Phi) is 7.63. The SMILES string of the molecule is CCNC(C)(CCN1CCN(C(C)CC)CC1)C(=O)OC. The molecule has 2 atom stereocenters. The van der Waals surface area contributed by atoms with E-state index in [4.69, 9.17) is 4.74 Å². The van der Waals surface area contributed by atoms with Gasteiger partial charge < -0.3 is 15.0 Å². The topological polar surface area (TPSA) is 44.8 Å². The summed E-state index contributed by atoms with van der Waals surface area (Å²) in [6, 6.07) is 0.675. The lowest BCUT2D eigenvalue weighted by atomic mass is 9.97. The standard InChI is InChI=1S/C16H33N3O2/c1-6-14(3)19-12-10-18(11-13-19)9-8-16(4,17-7-2)15(20)21-5/h14,17H,6-13H2,1-5H3. The Morgan fingerprint density at radius 1 is 1.29 bits per heavy atom. The first kappa shape index (κ1) is 18.4. The van der Waals surface area contributed by atoms with Crippen LogP contribution in [0.3, 0.4) is 0 Å². The summed E-state index contributed by atoms with van der Waals surface area (Å²) in [7, 11) is 1.46. The molecule has 0 bridgehead atoms. The fraction of sp³-hybridized carbons (Fsp3) is 0.938. The third-order valence-corrected chi connectivity index (χ3v) is 4.75. The lowest BCUT2D eigenvalue weighted by Gasteiger charge is -2.39. The van der Waals surface area contributed by atoms with Gasteiger partial charge in [-0.1, -0.05) is 13.8 Å². The number of hydrogen-bond donors (Lipinski definition) is 1. The Labute approximate surface area is 130 Å². The molecule has 0 aromatic rings. The third-order valence-electron chi connectivity index (χ3n) is 4.75. The lowest BCUT2D eigenvalue weighted by Crippen LogP contribution is -2.54. The normalized spacial score (nSPS) is 21.8. The van der Waals surface area contributed by atoms with E-state index < -0.39 is 5.54 Å². The maximum absolute atomic E-state index is 12.0. The van der Waals surface area contributed by atoms with E-state index in [9.17, 15) is 4.79 Å². The molecule has 1 saturated heterocycles. The van der Waals surface area contributed by atoms with Crippen LogP contribution in [-0.4, -0.2) is 73.7 Å². The molecule has 0 aliphatic carbocycles. The van der Waals surface area contributed by atoms with E-state index in [-0.39, 0.29) is 5.97 Å². The fourth-order valence-corrected chi connectivity index (χ4v) is 2.95. The minimum absolute atomic E-state index is 0.164. The number of hydrogen-bond acceptors (Lipinski definition) is 5. The molecule has 124 valence electrons. The fourth-order valence-electron chi connectivity index (χ4n) is 2.95. The molecular formula is C16H33N3O2. The Morgan fingerprint density at radius 2 is 1.90 bits per heavy atom. The Balaban J connectivity index is 2.43. The van der Waals surface area contributed by atoms with Crippen molar-refractivity contribution in [3.63, 3.8) is 0 Å². The van der Waals surface area contributed by atoms with Crippen LogP contribution >= 0.6 is 0 Å². The van der Waals surface area contributed by atoms with Crippen LogP contribution in [0.5, 0.6) is 0 Å². The van der Waals surface area contributed by atoms with Crippen LogP contribution in [0.2, 0.25) is 0 Å². The molecule has 1 aliphatic rings. The highest BCUT2D eigenvalue weighted by Crippen LogP contribution is 2.15. The predicted octanol–water partition coefficient (Wildman–Crippen LogP) is 1.33. The van der Waals surface area contributed by atoms with Crippen molar-refractivity contribution in [1.29, 1.82) is 0 Å². The Morgan fingerprint density at radius 3 is 2.38 bits per heavy atom. The second-order valence-electron chi connectivity index (χ2n) is 6.24. The van der Waals surface area contributed by atoms with Crippen LogP contribution in [0.1, 0.15) is 40.5 Å². The number of nitrogens with zero attached hydrogens (tertiary/aromatic N) is 2. The number of esters is 1. The highest BCUT2D eigenvalue weighted by atomic mass is 16.5. The van der Waals surface area contributed by atoms with Gasteiger partial charge in [-0.25, -0.2) is 0 Å². The number of likely N-dealkylation sites (N-methyl/N-ethyl adjacent to an activating group) is 1. The van der Waals surface area contributed by atoms with E-state index in [1.54, 1.807) is 0 Å². The molecule has 1 rings (SSSR count). The smallest absolute Gasteiger partial charge is 0.325 e. The van der Waals surface area contributed by atoms with Crippen LogP contribution in [0.15, 0.2) is 0 Å². The summed E-state index contributed by atoms with van der Waals surface area (Å²) in [5, 5.41) is 3.27. The maximum Gasteiger partial charge on any atom is 0.325 e. The molecule has 0 aromatic heterocycles. The van der Waals surface area contributed by atoms with E-state index in [0.717, 1.165) is 45.7 Å². The van der Waals surface area contributed by atoms with Crippen molar-refractivity contribution in [3.05, 3.63) is 0 Å². The number of rotatable bonds is 8. The molecule has 0 radical (unpaired) electrons. The van der Waals surface area contributed by atoms with E-state index in [2.05, 4.69) is 29.0 Å². The second kappa shape index (κ2) is 8.71. The van der Waals surface area contributed by atoms with Crippen LogP contribution in [0, 0.1) is 0 Å². The van der Waals surface area contributed by atoms with Crippen molar-refractivity contribution in [3.8, 4) is 0 Å². The first-order chi connectivity index (χ1) is 9.96. The number of carbonyl (C=O) groups excluding carboxylic acids is 1. The van der Waals surface area contributed by atoms with Gasteiger partial charge in [0.05, 0.1) is 7.11 Å². The monoisotopic (exact) mass is 299 g/mol. The minimum Gasteiger partial charge on any atom is -0.468 e. The largest absolute Gasteiger partial charge is 0.468 e. The summed E-state index contributed by atoms with van der Waals surface area (Å²) in [6.07, 6.45) is 2.00. The van der Waals surface area contributed by atoms with E-state index >= 15 is 0 Å². The Hall–Kier alpha value is -0.650. The molecule has 1 heterocycles. The summed E-state index contributed by atoms with van der Waals surface area (Å²) in [5.41, 5.74) is -0.572. The van der Waals surface area contributed by atoms with Crippen molar-refractivity contribution < 1.29 is 9.53 Å². The zero-order valence-electron chi connectivity index (χ0n) is 14.4. The van der Waals surface area contributed by atoms with Crippen LogP contribution < -0.4 is 5.32 Å². The summed E-state index contributed by atoms with van der Waals surface area (Å²) >= 11 is 0. The van der Waals surface area contributed by atoms with Gasteiger partial charge in [-0.2, -0.15) is 0 Å². The molecule has 0 saturated carbocycles. The Bertz CT molecular complexity index is 317. The number of nitrogens with one attached hydrogen (secondary N) is 1. The average molecular weight is 299 g/mol. The van der Waals surface area contributed by atoms with Gasteiger partial charge in [-0.3, -0.25) is 9.69 Å². The van der Waals surface area contributed by atoms with E-state index in [1.807, 2.05) is 13.8 Å². The van der Waals surface area contributed by atoms with Gasteiger partial charge >= 0.3 is 5.97 Å². The van der Waals surface area contributed by atoms with Crippen LogP contribution in [0.4, 0.5) is 0 Å². The summed E-state index contributed by atoms with van der Waals surface area (Å²) in [5.74, 6) is -0.164. The van der Waals surface area contributed by atoms with Gasteiger partial charge in [0.2, 0.25) is 0 Å². The van der Waals surface area contributed by atoms with Gasteiger partial charge in [-0.05, 0) is 33.2 Å². The van der Waals surface area contributed by atoms with Gasteiger partial charge in [0, 0.05) is 38.8 Å². The molecule has 2 unspecified atom stereocenters. The highest BCUT2D eigenvalue weighted by Gasteiger charge is 2.34. The van der Waals surface area contributed by atoms with Crippen LogP contribution in [-0.2, 0) is 9.53 Å². The molecule has 21 heavy (non-hydrogen) atoms. The molecule has 5 nitrogen and oxygen atoms in total. The first-order valence-electron chi connectivity index (χ1n) is 8.26. The minimum atomic E-state index is -0.572. The lowest BCUT2D eigenvalue weighted by molar-refractivity contribution is -0.148. The summed E-state index contributed by atoms with van der Waals surface area (Å²) < 4.78 is 4.94. The van der Waals surface area contributed by atoms with E-state index in [1.165, 1.54) is 13.5 Å². The van der Waals surface area contributed by atoms with Crippen LogP contribution in [0.25, 0.3) is 0 Å². The number of methoxy groups -OCH3 is 1. The zero-order chi connectivity index (χ0) is 15.9. The van der Waals surface area contributed by atoms with E-state index in [0.29, 0.717) is 6.04 Å². The summed E-state index contributed by atoms with van der Waals surface area (Å²) in [4.78, 5) is 17.0. The molecule has 1 fully saturated rings. The first-order valence-corrected chi connectivity index (χ1v) is 8.26. The van der Waals surface area contributed by atoms with Crippen molar-refractivity contribution >= 4 is 5.97 Å². The third kappa shape index (κ3) is 5.24. The molecule has 0 amide bonds. The van der Waals surface area contributed by atoms with Gasteiger partial charge in [-0.15, -0.1) is 0 Å². The zero-order valence-corrected chi connectivity index (χ0v) is 14.4. The quantitative estimate of drug-likeness (QED) is 0.685. The summed E-state index contributed by atoms with van der Waals surface area (Å²) in [6.45, 7) is 14.7.